The van der Waals surface area contributed by atoms with E-state index >= 15 is 0 Å². The highest BCUT2D eigenvalue weighted by Crippen LogP contribution is 2.25. The van der Waals surface area contributed by atoms with Crippen LogP contribution in [0, 0.1) is 0 Å². The number of halogens is 1. The predicted octanol–water partition coefficient (Wildman–Crippen LogP) is 2.53. The first-order valence-electron chi connectivity index (χ1n) is 4.03. The molecule has 0 aliphatic carbocycles. The molecule has 0 aliphatic rings. The highest BCUT2D eigenvalue weighted by molar-refractivity contribution is 9.11. The molecule has 0 aromatic carbocycles. The molecule has 1 aromatic rings. The second-order valence-corrected chi connectivity index (χ2v) is 4.85. The van der Waals surface area contributed by atoms with E-state index in [1.807, 2.05) is 0 Å². The van der Waals surface area contributed by atoms with E-state index in [0.29, 0.717) is 0 Å². The lowest BCUT2D eigenvalue weighted by molar-refractivity contribution is 0.739. The maximum absolute atomic E-state index is 3.42. The molecule has 0 saturated carbocycles. The van der Waals surface area contributed by atoms with Gasteiger partial charge >= 0.3 is 0 Å². The highest BCUT2D eigenvalue weighted by Gasteiger charge is 1.94. The molecule has 0 bridgehead atoms. The van der Waals surface area contributed by atoms with Crippen molar-refractivity contribution >= 4 is 32.3 Å². The van der Waals surface area contributed by atoms with Crippen LogP contribution in [0.15, 0.2) is 15.9 Å². The maximum atomic E-state index is 3.42. The molecule has 2 nitrogen and oxygen atoms in total. The Hall–Kier alpha value is -0.0600. The molecule has 2 N–H and O–H groups in total. The van der Waals surface area contributed by atoms with Gasteiger partial charge in [-0.15, -0.1) is 11.3 Å². The van der Waals surface area contributed by atoms with Crippen LogP contribution < -0.4 is 10.6 Å². The van der Waals surface area contributed by atoms with Gasteiger partial charge in [0.2, 0.25) is 0 Å². The van der Waals surface area contributed by atoms with Gasteiger partial charge in [-0.3, -0.25) is 0 Å². The molecule has 4 heteroatoms. The first-order chi connectivity index (χ1) is 5.83. The van der Waals surface area contributed by atoms with Crippen molar-refractivity contribution in [3.63, 3.8) is 0 Å². The van der Waals surface area contributed by atoms with Crippen LogP contribution in [0.4, 0.5) is 5.00 Å². The topological polar surface area (TPSA) is 24.1 Å². The van der Waals surface area contributed by atoms with E-state index < -0.39 is 0 Å². The van der Waals surface area contributed by atoms with E-state index in [0.717, 1.165) is 19.6 Å². The van der Waals surface area contributed by atoms with E-state index in [4.69, 9.17) is 0 Å². The predicted molar refractivity (Wildman–Crippen MR) is 59.1 cm³/mol. The monoisotopic (exact) mass is 248 g/mol. The Balaban J connectivity index is 2.15. The summed E-state index contributed by atoms with van der Waals surface area (Å²) in [5.41, 5.74) is 0. The molecule has 0 atom stereocenters. The first-order valence-corrected chi connectivity index (χ1v) is 5.64. The van der Waals surface area contributed by atoms with Gasteiger partial charge in [0.15, 0.2) is 0 Å². The van der Waals surface area contributed by atoms with Crippen LogP contribution in [-0.4, -0.2) is 19.6 Å². The van der Waals surface area contributed by atoms with Crippen molar-refractivity contribution in [2.75, 3.05) is 25.0 Å². The zero-order chi connectivity index (χ0) is 8.81. The standard InChI is InChI=1S/C8H13BrN2S/c1-2-10-5-6-11-8-4-3-7(9)12-8/h3-4,10-11H,2,5-6H2,1H3. The largest absolute Gasteiger partial charge is 0.376 e. The summed E-state index contributed by atoms with van der Waals surface area (Å²) in [6, 6.07) is 4.14. The van der Waals surface area contributed by atoms with E-state index in [-0.39, 0.29) is 0 Å². The Labute approximate surface area is 85.5 Å². The van der Waals surface area contributed by atoms with Gasteiger partial charge in [0, 0.05) is 13.1 Å². The second-order valence-electron chi connectivity index (χ2n) is 2.38. The number of hydrogen-bond donors (Lipinski definition) is 2. The van der Waals surface area contributed by atoms with Crippen LogP contribution >= 0.6 is 27.3 Å². The summed E-state index contributed by atoms with van der Waals surface area (Å²) in [7, 11) is 0. The van der Waals surface area contributed by atoms with E-state index in [1.165, 1.54) is 8.79 Å². The molecule has 0 amide bonds. The summed E-state index contributed by atoms with van der Waals surface area (Å²) >= 11 is 5.14. The summed E-state index contributed by atoms with van der Waals surface area (Å²) in [4.78, 5) is 0. The lowest BCUT2D eigenvalue weighted by Crippen LogP contribution is -2.21. The molecule has 0 radical (unpaired) electrons. The van der Waals surface area contributed by atoms with Gasteiger partial charge in [0.05, 0.1) is 8.79 Å². The summed E-state index contributed by atoms with van der Waals surface area (Å²) in [6.07, 6.45) is 0. The first kappa shape index (κ1) is 10.0. The molecular formula is C8H13BrN2S. The quantitative estimate of drug-likeness (QED) is 0.783. The average molecular weight is 249 g/mol. The molecule has 1 heterocycles. The Morgan fingerprint density at radius 1 is 1.42 bits per heavy atom. The van der Waals surface area contributed by atoms with Gasteiger partial charge in [0.25, 0.3) is 0 Å². The van der Waals surface area contributed by atoms with Crippen molar-refractivity contribution < 1.29 is 0 Å². The summed E-state index contributed by atoms with van der Waals surface area (Å²) in [6.45, 7) is 5.16. The van der Waals surface area contributed by atoms with Crippen molar-refractivity contribution in [1.82, 2.24) is 5.32 Å². The molecule has 12 heavy (non-hydrogen) atoms. The van der Waals surface area contributed by atoms with Crippen molar-refractivity contribution in [3.8, 4) is 0 Å². The van der Waals surface area contributed by atoms with Crippen LogP contribution in [0.3, 0.4) is 0 Å². The van der Waals surface area contributed by atoms with Gasteiger partial charge in [-0.1, -0.05) is 6.92 Å². The minimum absolute atomic E-state index is 0.987. The fraction of sp³-hybridized carbons (Fsp3) is 0.500. The molecule has 1 aromatic heterocycles. The summed E-state index contributed by atoms with van der Waals surface area (Å²) in [5, 5.41) is 7.80. The SMILES string of the molecule is CCNCCNc1ccc(Br)s1. The molecule has 0 saturated heterocycles. The van der Waals surface area contributed by atoms with E-state index in [2.05, 4.69) is 45.6 Å². The molecule has 0 unspecified atom stereocenters. The number of thiophene rings is 1. The number of likely N-dealkylation sites (N-methyl/N-ethyl adjacent to an activating group) is 1. The van der Waals surface area contributed by atoms with E-state index in [9.17, 15) is 0 Å². The molecule has 0 fully saturated rings. The molecule has 0 aliphatic heterocycles. The number of rotatable bonds is 5. The number of hydrogen-bond acceptors (Lipinski definition) is 3. The average Bonchev–Trinajstić information content (AvgIpc) is 2.45. The normalized spacial score (nSPS) is 10.2. The molecule has 68 valence electrons. The van der Waals surface area contributed by atoms with Crippen molar-refractivity contribution in [1.29, 1.82) is 0 Å². The molecule has 0 spiro atoms. The van der Waals surface area contributed by atoms with Crippen LogP contribution in [0.2, 0.25) is 0 Å². The zero-order valence-electron chi connectivity index (χ0n) is 7.06. The Morgan fingerprint density at radius 3 is 2.83 bits per heavy atom. The van der Waals surface area contributed by atoms with Gasteiger partial charge in [-0.05, 0) is 34.6 Å². The van der Waals surface area contributed by atoms with Gasteiger partial charge in [0.1, 0.15) is 0 Å². The smallest absolute Gasteiger partial charge is 0.0894 e. The van der Waals surface area contributed by atoms with Crippen molar-refractivity contribution in [2.24, 2.45) is 0 Å². The summed E-state index contributed by atoms with van der Waals surface area (Å²) in [5.74, 6) is 0. The summed E-state index contributed by atoms with van der Waals surface area (Å²) < 4.78 is 1.17. The van der Waals surface area contributed by atoms with Crippen molar-refractivity contribution in [3.05, 3.63) is 15.9 Å². The van der Waals surface area contributed by atoms with E-state index in [1.54, 1.807) is 11.3 Å². The lowest BCUT2D eigenvalue weighted by Gasteiger charge is -2.02. The second kappa shape index (κ2) is 5.56. The minimum atomic E-state index is 0.987. The third-order valence-corrected chi connectivity index (χ3v) is 3.01. The third kappa shape index (κ3) is 3.56. The Bertz CT molecular complexity index is 225. The number of nitrogens with one attached hydrogen (secondary N) is 2. The Kier molecular flexibility index (Phi) is 4.65. The molecule has 1 rings (SSSR count). The van der Waals surface area contributed by atoms with Crippen LogP contribution in [0.25, 0.3) is 0 Å². The zero-order valence-corrected chi connectivity index (χ0v) is 9.46. The highest BCUT2D eigenvalue weighted by atomic mass is 79.9. The molecular weight excluding hydrogens is 236 g/mol. The van der Waals surface area contributed by atoms with Crippen molar-refractivity contribution in [2.45, 2.75) is 6.92 Å². The van der Waals surface area contributed by atoms with Crippen LogP contribution in [-0.2, 0) is 0 Å². The van der Waals surface area contributed by atoms with Gasteiger partial charge in [-0.2, -0.15) is 0 Å². The number of anilines is 1. The fourth-order valence-electron chi connectivity index (χ4n) is 0.860. The fourth-order valence-corrected chi connectivity index (χ4v) is 2.17. The third-order valence-electron chi connectivity index (χ3n) is 1.42. The van der Waals surface area contributed by atoms with Crippen LogP contribution in [0.1, 0.15) is 6.92 Å². The minimum Gasteiger partial charge on any atom is -0.376 e. The van der Waals surface area contributed by atoms with Gasteiger partial charge < -0.3 is 10.6 Å². The van der Waals surface area contributed by atoms with Crippen LogP contribution in [0.5, 0.6) is 0 Å². The lowest BCUT2D eigenvalue weighted by atomic mass is 10.5. The van der Waals surface area contributed by atoms with Gasteiger partial charge in [-0.25, -0.2) is 0 Å². The Morgan fingerprint density at radius 2 is 2.25 bits per heavy atom. The maximum Gasteiger partial charge on any atom is 0.0894 e.